The fourth-order valence-corrected chi connectivity index (χ4v) is 2.90. The van der Waals surface area contributed by atoms with Crippen molar-refractivity contribution in [1.29, 1.82) is 0 Å². The Labute approximate surface area is 143 Å². The molecule has 3 rings (SSSR count). The molecule has 0 unspecified atom stereocenters. The minimum absolute atomic E-state index is 0.227. The summed E-state index contributed by atoms with van der Waals surface area (Å²) in [7, 11) is 0. The second-order valence-corrected chi connectivity index (χ2v) is 6.70. The number of benzene rings is 1. The highest BCUT2D eigenvalue weighted by molar-refractivity contribution is 6.03. The van der Waals surface area contributed by atoms with Crippen molar-refractivity contribution in [1.82, 2.24) is 9.97 Å². The van der Waals surface area contributed by atoms with Gasteiger partial charge < -0.3 is 10.2 Å². The molecule has 0 spiro atoms. The lowest BCUT2D eigenvalue weighted by Crippen LogP contribution is -2.33. The van der Waals surface area contributed by atoms with Gasteiger partial charge in [-0.1, -0.05) is 19.1 Å². The molecule has 24 heavy (non-hydrogen) atoms. The summed E-state index contributed by atoms with van der Waals surface area (Å²) in [6.07, 6.45) is 5.62. The van der Waals surface area contributed by atoms with Gasteiger partial charge in [-0.15, -0.1) is 0 Å². The van der Waals surface area contributed by atoms with Crippen LogP contribution < -0.4 is 10.2 Å². The highest BCUT2D eigenvalue weighted by Crippen LogP contribution is 2.21. The van der Waals surface area contributed by atoms with Crippen molar-refractivity contribution in [2.75, 3.05) is 23.3 Å². The summed E-state index contributed by atoms with van der Waals surface area (Å²) in [4.78, 5) is 23.4. The van der Waals surface area contributed by atoms with Crippen LogP contribution in [-0.2, 0) is 0 Å². The molecule has 1 aliphatic heterocycles. The van der Waals surface area contributed by atoms with Crippen molar-refractivity contribution in [3.8, 4) is 0 Å². The second-order valence-electron chi connectivity index (χ2n) is 6.70. The van der Waals surface area contributed by atoms with E-state index < -0.39 is 0 Å². The summed E-state index contributed by atoms with van der Waals surface area (Å²) < 4.78 is 0. The molecule has 1 saturated heterocycles. The molecule has 1 aromatic carbocycles. The molecule has 2 heterocycles. The van der Waals surface area contributed by atoms with Crippen LogP contribution in [0.5, 0.6) is 0 Å². The Morgan fingerprint density at radius 3 is 2.58 bits per heavy atom. The average molecular weight is 324 g/mol. The number of aromatic nitrogens is 2. The molecule has 0 aliphatic carbocycles. The van der Waals surface area contributed by atoms with Crippen molar-refractivity contribution in [2.24, 2.45) is 5.92 Å². The van der Waals surface area contributed by atoms with Gasteiger partial charge in [0.15, 0.2) is 0 Å². The monoisotopic (exact) mass is 324 g/mol. The van der Waals surface area contributed by atoms with E-state index in [0.29, 0.717) is 5.69 Å². The summed E-state index contributed by atoms with van der Waals surface area (Å²) in [5, 5.41) is 2.92. The van der Waals surface area contributed by atoms with Gasteiger partial charge in [0.2, 0.25) is 0 Å². The number of aryl methyl sites for hydroxylation is 2. The first kappa shape index (κ1) is 16.4. The molecule has 0 atom stereocenters. The number of carbonyl (C=O) groups is 1. The Hall–Kier alpha value is -2.43. The van der Waals surface area contributed by atoms with Gasteiger partial charge in [0.1, 0.15) is 11.5 Å². The molecular formula is C19H24N4O. The van der Waals surface area contributed by atoms with E-state index in [1.807, 2.05) is 32.0 Å². The highest BCUT2D eigenvalue weighted by Gasteiger charge is 2.18. The van der Waals surface area contributed by atoms with Crippen molar-refractivity contribution in [3.05, 3.63) is 47.4 Å². The molecule has 5 heteroatoms. The Kier molecular flexibility index (Phi) is 4.79. The van der Waals surface area contributed by atoms with Gasteiger partial charge in [-0.05, 0) is 49.8 Å². The average Bonchev–Trinajstić information content (AvgIpc) is 2.59. The van der Waals surface area contributed by atoms with Gasteiger partial charge in [0, 0.05) is 18.8 Å². The Bertz CT molecular complexity index is 719. The van der Waals surface area contributed by atoms with Crippen LogP contribution in [0.4, 0.5) is 11.5 Å². The maximum atomic E-state index is 12.4. The van der Waals surface area contributed by atoms with E-state index in [1.54, 1.807) is 12.4 Å². The number of amides is 1. The van der Waals surface area contributed by atoms with Crippen molar-refractivity contribution in [3.63, 3.8) is 0 Å². The maximum Gasteiger partial charge on any atom is 0.275 e. The molecule has 0 saturated carbocycles. The number of nitrogens with one attached hydrogen (secondary N) is 1. The van der Waals surface area contributed by atoms with Gasteiger partial charge in [0.25, 0.3) is 5.91 Å². The lowest BCUT2D eigenvalue weighted by atomic mass is 9.99. The highest BCUT2D eigenvalue weighted by atomic mass is 16.1. The lowest BCUT2D eigenvalue weighted by Gasteiger charge is -2.30. The summed E-state index contributed by atoms with van der Waals surface area (Å²) in [6, 6.07) is 5.99. The number of hydrogen-bond donors (Lipinski definition) is 1. The molecule has 1 amide bonds. The van der Waals surface area contributed by atoms with Crippen LogP contribution in [0.1, 0.15) is 41.4 Å². The van der Waals surface area contributed by atoms with Gasteiger partial charge >= 0.3 is 0 Å². The van der Waals surface area contributed by atoms with Crippen LogP contribution in [0, 0.1) is 19.8 Å². The van der Waals surface area contributed by atoms with Gasteiger partial charge in [-0.3, -0.25) is 4.79 Å². The zero-order valence-electron chi connectivity index (χ0n) is 14.5. The van der Waals surface area contributed by atoms with Gasteiger partial charge in [-0.25, -0.2) is 9.97 Å². The zero-order valence-corrected chi connectivity index (χ0v) is 14.5. The third-order valence-corrected chi connectivity index (χ3v) is 4.62. The van der Waals surface area contributed by atoms with E-state index in [4.69, 9.17) is 0 Å². The van der Waals surface area contributed by atoms with E-state index >= 15 is 0 Å². The largest absolute Gasteiger partial charge is 0.355 e. The quantitative estimate of drug-likeness (QED) is 0.937. The van der Waals surface area contributed by atoms with Crippen molar-refractivity contribution >= 4 is 17.4 Å². The molecule has 2 aromatic rings. The van der Waals surface area contributed by atoms with Crippen LogP contribution in [0.15, 0.2) is 30.6 Å². The number of carbonyl (C=O) groups excluding carboxylic acids is 1. The van der Waals surface area contributed by atoms with Gasteiger partial charge in [0.05, 0.1) is 12.4 Å². The summed E-state index contributed by atoms with van der Waals surface area (Å²) in [5.74, 6) is 1.40. The van der Waals surface area contributed by atoms with Crippen molar-refractivity contribution < 1.29 is 4.79 Å². The Morgan fingerprint density at radius 1 is 1.17 bits per heavy atom. The topological polar surface area (TPSA) is 58.1 Å². The molecule has 1 aromatic heterocycles. The number of anilines is 2. The van der Waals surface area contributed by atoms with E-state index in [1.165, 1.54) is 12.8 Å². The van der Waals surface area contributed by atoms with E-state index in [0.717, 1.165) is 41.6 Å². The third-order valence-electron chi connectivity index (χ3n) is 4.62. The Morgan fingerprint density at radius 2 is 1.92 bits per heavy atom. The predicted octanol–water partition coefficient (Wildman–Crippen LogP) is 3.58. The minimum Gasteiger partial charge on any atom is -0.355 e. The molecule has 0 bridgehead atoms. The molecule has 126 valence electrons. The molecule has 1 aliphatic rings. The maximum absolute atomic E-state index is 12.4. The fourth-order valence-electron chi connectivity index (χ4n) is 2.90. The third kappa shape index (κ3) is 3.72. The van der Waals surface area contributed by atoms with Crippen LogP contribution in [-0.4, -0.2) is 29.0 Å². The first-order chi connectivity index (χ1) is 11.5. The second kappa shape index (κ2) is 6.99. The normalized spacial score (nSPS) is 15.4. The standard InChI is InChI=1S/C19H24N4O/c1-13-6-8-23(9-7-13)18-12-20-17(11-21-18)19(24)22-16-10-14(2)4-5-15(16)3/h4-5,10-13H,6-9H2,1-3H3,(H,22,24). The molecular weight excluding hydrogens is 300 g/mol. The van der Waals surface area contributed by atoms with Crippen LogP contribution in [0.25, 0.3) is 0 Å². The minimum atomic E-state index is -0.227. The first-order valence-electron chi connectivity index (χ1n) is 8.48. The van der Waals surface area contributed by atoms with E-state index in [9.17, 15) is 4.79 Å². The summed E-state index contributed by atoms with van der Waals surface area (Å²) >= 11 is 0. The van der Waals surface area contributed by atoms with Crippen molar-refractivity contribution in [2.45, 2.75) is 33.6 Å². The smallest absolute Gasteiger partial charge is 0.275 e. The zero-order chi connectivity index (χ0) is 17.1. The van der Waals surface area contributed by atoms with E-state index in [-0.39, 0.29) is 5.91 Å². The fraction of sp³-hybridized carbons (Fsp3) is 0.421. The predicted molar refractivity (Wildman–Crippen MR) is 96.5 cm³/mol. The molecule has 1 fully saturated rings. The van der Waals surface area contributed by atoms with Crippen LogP contribution in [0.3, 0.4) is 0 Å². The number of hydrogen-bond acceptors (Lipinski definition) is 4. The number of nitrogens with zero attached hydrogens (tertiary/aromatic N) is 3. The van der Waals surface area contributed by atoms with Gasteiger partial charge in [-0.2, -0.15) is 0 Å². The number of piperidine rings is 1. The SMILES string of the molecule is Cc1ccc(C)c(NC(=O)c2cnc(N3CCC(C)CC3)cn2)c1. The summed E-state index contributed by atoms with van der Waals surface area (Å²) in [6.45, 7) is 8.27. The van der Waals surface area contributed by atoms with E-state index in [2.05, 4.69) is 27.1 Å². The van der Waals surface area contributed by atoms with Crippen LogP contribution >= 0.6 is 0 Å². The summed E-state index contributed by atoms with van der Waals surface area (Å²) in [5.41, 5.74) is 3.29. The Balaban J connectivity index is 1.68. The molecule has 5 nitrogen and oxygen atoms in total. The lowest BCUT2D eigenvalue weighted by molar-refractivity contribution is 0.102. The molecule has 1 N–H and O–H groups in total. The van der Waals surface area contributed by atoms with Crippen LogP contribution in [0.2, 0.25) is 0 Å². The first-order valence-corrected chi connectivity index (χ1v) is 8.48. The number of rotatable bonds is 3. The molecule has 0 radical (unpaired) electrons.